The average Bonchev–Trinajstić information content (AvgIpc) is 1.45. The van der Waals surface area contributed by atoms with Gasteiger partial charge in [0.05, 0.1) is 25.9 Å². The summed E-state index contributed by atoms with van der Waals surface area (Å²) in [5.74, 6) is -14.1. The maximum absolute atomic E-state index is 14.4. The summed E-state index contributed by atoms with van der Waals surface area (Å²) in [5.41, 5.74) is 33.9. The summed E-state index contributed by atoms with van der Waals surface area (Å²) >= 11 is 0. The summed E-state index contributed by atoms with van der Waals surface area (Å²) in [6.45, 7) is 0.0955. The van der Waals surface area contributed by atoms with Crippen LogP contribution in [0.3, 0.4) is 0 Å². The van der Waals surface area contributed by atoms with Crippen molar-refractivity contribution in [3.8, 4) is 11.5 Å². The van der Waals surface area contributed by atoms with Crippen molar-refractivity contribution in [1.82, 2.24) is 47.9 Å². The predicted octanol–water partition coefficient (Wildman–Crippen LogP) is -7.22. The van der Waals surface area contributed by atoms with Gasteiger partial charge in [0, 0.05) is 32.4 Å². The largest absolute Gasteiger partial charge is 0.508 e. The van der Waals surface area contributed by atoms with Crippen LogP contribution in [-0.4, -0.2) is 213 Å². The standard InChI is InChI=1S/C56H89N17O18/c1-3-29(2)44(54(90)91)73-48(84)36(10-7-23-64-56(61)62)67-51(87)40(26-74)72-50(86)39(25-31-13-17-33(78)18-14-31)69-52(88)41(27-75)70-46(82)35(9-6-22-63-55(59)60)66-49(85)38(24-30-11-15-32(77)16-12-30)68-53(89)42(28-76)71-47(83)37(19-20-43(79)80)65-45(81)34(58)8-4-5-21-57/h11-18,29,34-42,44,74-78H,3-10,19-28,57-58H2,1-2H3,(H,65,81)(H,66,85)(H,67,87)(H,68,89)(H,69,88)(H,70,82)(H,71,83)(H,72,86)(H,73,84)(H,79,80)(H,90,91)(H4,59,60,63)(H4,61,62,64)/t29-,34-,35-,36-,37-,38-,39-,40-,41-,42-,44-/m0/s1. The molecule has 506 valence electrons. The van der Waals surface area contributed by atoms with Crippen LogP contribution in [0.25, 0.3) is 0 Å². The molecule has 28 N–H and O–H groups in total. The number of amides is 9. The Balaban J connectivity index is 2.53. The lowest BCUT2D eigenvalue weighted by Gasteiger charge is -2.28. The number of phenolic OH excluding ortho intramolecular Hbond substituents is 2. The number of phenols is 2. The van der Waals surface area contributed by atoms with Crippen LogP contribution in [0, 0.1) is 5.92 Å². The zero-order valence-corrected chi connectivity index (χ0v) is 50.7. The van der Waals surface area contributed by atoms with Gasteiger partial charge in [0.1, 0.15) is 65.9 Å². The van der Waals surface area contributed by atoms with Crippen LogP contribution in [0.2, 0.25) is 0 Å². The van der Waals surface area contributed by atoms with E-state index >= 15 is 0 Å². The molecule has 11 atom stereocenters. The topological polar surface area (TPSA) is 618 Å². The smallest absolute Gasteiger partial charge is 0.326 e. The zero-order chi connectivity index (χ0) is 68.3. The monoisotopic (exact) mass is 1290 g/mol. The highest BCUT2D eigenvalue weighted by atomic mass is 16.4. The van der Waals surface area contributed by atoms with E-state index in [9.17, 15) is 88.5 Å². The first-order valence-electron chi connectivity index (χ1n) is 29.2. The highest BCUT2D eigenvalue weighted by molar-refractivity contribution is 5.99. The lowest BCUT2D eigenvalue weighted by molar-refractivity contribution is -0.144. The van der Waals surface area contributed by atoms with Crippen LogP contribution >= 0.6 is 0 Å². The maximum atomic E-state index is 14.4. The van der Waals surface area contributed by atoms with Gasteiger partial charge in [-0.05, 0) is 92.8 Å². The molecule has 0 aliphatic heterocycles. The number of aliphatic hydroxyl groups excluding tert-OH is 3. The van der Waals surface area contributed by atoms with Gasteiger partial charge in [-0.25, -0.2) is 4.79 Å². The van der Waals surface area contributed by atoms with E-state index in [1.807, 2.05) is 0 Å². The second-order valence-electron chi connectivity index (χ2n) is 21.2. The average molecular weight is 1290 g/mol. The van der Waals surface area contributed by atoms with E-state index in [0.29, 0.717) is 36.9 Å². The molecular weight excluding hydrogens is 1200 g/mol. The minimum absolute atomic E-state index is 0.0156. The summed E-state index contributed by atoms with van der Waals surface area (Å²) in [7, 11) is 0. The van der Waals surface area contributed by atoms with E-state index < -0.39 is 177 Å². The quantitative estimate of drug-likeness (QED) is 0.0167. The minimum atomic E-state index is -1.93. The Kier molecular flexibility index (Phi) is 35.0. The molecule has 0 spiro atoms. The third-order valence-electron chi connectivity index (χ3n) is 14.0. The molecule has 2 aromatic rings. The number of hydrogen-bond acceptors (Lipinski definition) is 20. The first-order chi connectivity index (χ1) is 43.1. The fourth-order valence-electron chi connectivity index (χ4n) is 8.58. The highest BCUT2D eigenvalue weighted by Gasteiger charge is 2.36. The van der Waals surface area contributed by atoms with E-state index in [4.69, 9.17) is 34.4 Å². The van der Waals surface area contributed by atoms with Gasteiger partial charge in [0.15, 0.2) is 11.9 Å². The number of guanidine groups is 2. The molecule has 0 aromatic heterocycles. The Bertz CT molecular complexity index is 2790. The molecule has 0 heterocycles. The summed E-state index contributed by atoms with van der Waals surface area (Å²) < 4.78 is 0. The Morgan fingerprint density at radius 3 is 1.12 bits per heavy atom. The Hall–Kier alpha value is -9.45. The van der Waals surface area contributed by atoms with Gasteiger partial charge in [-0.1, -0.05) is 51.0 Å². The molecule has 2 rings (SSSR count). The number of carbonyl (C=O) groups excluding carboxylic acids is 9. The molecule has 91 heavy (non-hydrogen) atoms. The third kappa shape index (κ3) is 29.2. The number of aliphatic hydroxyl groups is 3. The Morgan fingerprint density at radius 1 is 0.451 bits per heavy atom. The SMILES string of the molecule is CC[C@H](C)[C@H](NC(=O)[C@H](CCCN=C(N)N)NC(=O)[C@H](CO)NC(=O)[C@H](Cc1ccc(O)cc1)NC(=O)[C@H](CO)NC(=O)[C@H](CCCN=C(N)N)NC(=O)[C@H](Cc1ccc(O)cc1)NC(=O)[C@H](CO)NC(=O)[C@H](CCC(=O)O)NC(=O)[C@@H](N)CCCCN)C(=O)O. The second-order valence-corrected chi connectivity index (χ2v) is 21.2. The fraction of sp³-hybridized carbons (Fsp3) is 0.554. The van der Waals surface area contributed by atoms with Crippen molar-refractivity contribution in [2.45, 2.75) is 151 Å². The summed E-state index contributed by atoms with van der Waals surface area (Å²) in [4.78, 5) is 156. The van der Waals surface area contributed by atoms with Gasteiger partial charge < -0.3 is 118 Å². The normalized spacial score (nSPS) is 14.6. The van der Waals surface area contributed by atoms with E-state index in [2.05, 4.69) is 57.8 Å². The van der Waals surface area contributed by atoms with Gasteiger partial charge in [0.2, 0.25) is 53.2 Å². The van der Waals surface area contributed by atoms with Crippen molar-refractivity contribution >= 4 is 77.0 Å². The maximum Gasteiger partial charge on any atom is 0.326 e. The number of nitrogens with zero attached hydrogens (tertiary/aromatic N) is 2. The lowest BCUT2D eigenvalue weighted by Crippen LogP contribution is -2.62. The van der Waals surface area contributed by atoms with Gasteiger partial charge in [-0.15, -0.1) is 0 Å². The number of benzene rings is 2. The van der Waals surface area contributed by atoms with Crippen molar-refractivity contribution in [2.24, 2.45) is 50.3 Å². The van der Waals surface area contributed by atoms with Crippen molar-refractivity contribution in [3.63, 3.8) is 0 Å². The van der Waals surface area contributed by atoms with Gasteiger partial charge in [-0.2, -0.15) is 0 Å². The molecule has 0 bridgehead atoms. The second kappa shape index (κ2) is 41.0. The van der Waals surface area contributed by atoms with E-state index in [-0.39, 0.29) is 68.6 Å². The number of aliphatic carboxylic acids is 2. The van der Waals surface area contributed by atoms with Crippen LogP contribution in [0.1, 0.15) is 89.2 Å². The molecule has 0 saturated carbocycles. The molecule has 0 aliphatic rings. The van der Waals surface area contributed by atoms with E-state index in [0.717, 1.165) is 0 Å². The van der Waals surface area contributed by atoms with Crippen molar-refractivity contribution < 1.29 is 88.5 Å². The number of hydrogen-bond donors (Lipinski definition) is 22. The van der Waals surface area contributed by atoms with Crippen molar-refractivity contribution in [2.75, 3.05) is 39.5 Å². The number of carbonyl (C=O) groups is 11. The molecule has 0 radical (unpaired) electrons. The lowest BCUT2D eigenvalue weighted by atomic mass is 9.98. The molecule has 0 saturated heterocycles. The molecule has 2 aromatic carbocycles. The van der Waals surface area contributed by atoms with Crippen LogP contribution in [0.15, 0.2) is 58.5 Å². The van der Waals surface area contributed by atoms with E-state index in [1.54, 1.807) is 13.8 Å². The van der Waals surface area contributed by atoms with Gasteiger partial charge in [0.25, 0.3) is 0 Å². The number of aliphatic imine (C=N–C) groups is 2. The van der Waals surface area contributed by atoms with Crippen molar-refractivity contribution in [3.05, 3.63) is 59.7 Å². The summed E-state index contributed by atoms with van der Waals surface area (Å²) in [6.07, 6.45) is -0.827. The number of carboxylic acid groups (broad SMARTS) is 2. The molecule has 35 nitrogen and oxygen atoms in total. The first-order valence-corrected chi connectivity index (χ1v) is 29.2. The third-order valence-corrected chi connectivity index (χ3v) is 14.0. The number of aromatic hydroxyl groups is 2. The van der Waals surface area contributed by atoms with Crippen LogP contribution < -0.4 is 82.3 Å². The van der Waals surface area contributed by atoms with Crippen LogP contribution in [0.5, 0.6) is 11.5 Å². The van der Waals surface area contributed by atoms with Gasteiger partial charge in [-0.3, -0.25) is 57.9 Å². The predicted molar refractivity (Wildman–Crippen MR) is 327 cm³/mol. The Morgan fingerprint density at radius 2 is 0.780 bits per heavy atom. The molecule has 9 amide bonds. The highest BCUT2D eigenvalue weighted by Crippen LogP contribution is 2.15. The molecule has 0 unspecified atom stereocenters. The first kappa shape index (κ1) is 77.6. The number of unbranched alkanes of at least 4 members (excludes halogenated alkanes) is 1. The van der Waals surface area contributed by atoms with E-state index in [1.165, 1.54) is 48.5 Å². The summed E-state index contributed by atoms with van der Waals surface area (Å²) in [5, 5.41) is 91.8. The fourth-order valence-corrected chi connectivity index (χ4v) is 8.58. The molecule has 0 fully saturated rings. The number of rotatable bonds is 43. The number of nitrogens with two attached hydrogens (primary N) is 6. The van der Waals surface area contributed by atoms with Crippen LogP contribution in [0.4, 0.5) is 0 Å². The molecule has 0 aliphatic carbocycles. The van der Waals surface area contributed by atoms with Crippen LogP contribution in [-0.2, 0) is 65.6 Å². The van der Waals surface area contributed by atoms with Crippen molar-refractivity contribution in [1.29, 1.82) is 0 Å². The molecule has 35 heteroatoms. The zero-order valence-electron chi connectivity index (χ0n) is 50.7. The number of carboxylic acids is 2. The Labute approximate surface area is 524 Å². The number of nitrogens with one attached hydrogen (secondary N) is 9. The van der Waals surface area contributed by atoms with Gasteiger partial charge >= 0.3 is 11.9 Å². The summed E-state index contributed by atoms with van der Waals surface area (Å²) in [6, 6.07) is -5.73. The minimum Gasteiger partial charge on any atom is -0.508 e. The molecular formula is C56H89N17O18.